The molecule has 0 saturated carbocycles. The first kappa shape index (κ1) is 52.8. The van der Waals surface area contributed by atoms with E-state index in [0.29, 0.717) is 31.8 Å². The molecule has 9 nitrogen and oxygen atoms in total. The van der Waals surface area contributed by atoms with E-state index in [1.54, 1.807) is 6.08 Å². The normalized spacial score (nSPS) is 15.3. The number of carboxylic acids is 1. The van der Waals surface area contributed by atoms with Gasteiger partial charge < -0.3 is 19.8 Å². The first-order valence-electron chi connectivity index (χ1n) is 22.0. The lowest BCUT2D eigenvalue weighted by atomic mass is 9.60. The molecule has 3 atom stereocenters. The van der Waals surface area contributed by atoms with Crippen LogP contribution in [0.4, 0.5) is 0 Å². The van der Waals surface area contributed by atoms with Crippen LogP contribution in [0.5, 0.6) is 0 Å². The number of aliphatic hydroxyl groups is 2. The summed E-state index contributed by atoms with van der Waals surface area (Å²) in [5.41, 5.74) is -6.78. The van der Waals surface area contributed by atoms with E-state index in [1.165, 1.54) is 39.4 Å². The number of unbranched alkanes of at least 4 members (excludes halogenated alkanes) is 19. The lowest BCUT2D eigenvalue weighted by Crippen LogP contribution is -2.75. The smallest absolute Gasteiger partial charge is 0.329 e. The van der Waals surface area contributed by atoms with E-state index in [-0.39, 0.29) is 6.42 Å². The summed E-state index contributed by atoms with van der Waals surface area (Å²) in [5, 5.41) is 36.2. The Kier molecular flexibility index (Phi) is 28.3. The van der Waals surface area contributed by atoms with Crippen molar-refractivity contribution in [2.45, 2.75) is 193 Å². The van der Waals surface area contributed by atoms with Gasteiger partial charge in [-0.3, -0.25) is 24.0 Å². The third-order valence-corrected chi connectivity index (χ3v) is 10.5. The van der Waals surface area contributed by atoms with Gasteiger partial charge in [-0.2, -0.15) is 0 Å². The fourth-order valence-corrected chi connectivity index (χ4v) is 7.32. The number of likely N-dealkylation sites (N-methyl/N-ethyl adjacent to an activating group) is 1. The SMILES string of the molecule is CCCCCCC/C=C/C(=O)C(C(O)(C(=O)/C=C/CCCCCCC)C(C(=O)O)(C(=O)/C=C/CCCCCCC)/C(O)=C/C(=O)CCCCCCC)[N+](C)(C)C. The quantitative estimate of drug-likeness (QED) is 0.0187. The first-order chi connectivity index (χ1) is 26.6. The van der Waals surface area contributed by atoms with Gasteiger partial charge in [0.2, 0.25) is 16.8 Å². The highest BCUT2D eigenvalue weighted by Crippen LogP contribution is 2.46. The Labute approximate surface area is 340 Å². The van der Waals surface area contributed by atoms with E-state index in [0.717, 1.165) is 134 Å². The topological polar surface area (TPSA) is 146 Å². The predicted molar refractivity (Wildman–Crippen MR) is 229 cm³/mol. The average molecular weight is 787 g/mol. The molecular formula is C47H80NO8+. The summed E-state index contributed by atoms with van der Waals surface area (Å²) in [5.74, 6) is -7.22. The number of quaternary nitrogens is 1. The zero-order chi connectivity index (χ0) is 42.5. The number of aliphatic hydroxyl groups excluding tert-OH is 1. The molecule has 0 aliphatic rings. The van der Waals surface area contributed by atoms with Crippen molar-refractivity contribution >= 4 is 29.1 Å². The van der Waals surface area contributed by atoms with Gasteiger partial charge in [-0.15, -0.1) is 0 Å². The van der Waals surface area contributed by atoms with Gasteiger partial charge in [0.25, 0.3) is 0 Å². The second-order valence-electron chi connectivity index (χ2n) is 16.4. The van der Waals surface area contributed by atoms with Crippen LogP contribution in [0, 0.1) is 5.41 Å². The Hall–Kier alpha value is -3.17. The Morgan fingerprint density at radius 3 is 1.30 bits per heavy atom. The van der Waals surface area contributed by atoms with Gasteiger partial charge in [-0.1, -0.05) is 149 Å². The summed E-state index contributed by atoms with van der Waals surface area (Å²) in [7, 11) is 4.59. The summed E-state index contributed by atoms with van der Waals surface area (Å²) in [6, 6.07) is -1.87. The van der Waals surface area contributed by atoms with Crippen molar-refractivity contribution in [3.8, 4) is 0 Å². The van der Waals surface area contributed by atoms with E-state index >= 15 is 0 Å². The van der Waals surface area contributed by atoms with Gasteiger partial charge >= 0.3 is 5.97 Å². The molecule has 0 saturated heterocycles. The molecule has 0 bridgehead atoms. The summed E-state index contributed by atoms with van der Waals surface area (Å²) in [6.45, 7) is 8.40. The molecule has 56 heavy (non-hydrogen) atoms. The highest BCUT2D eigenvalue weighted by atomic mass is 16.4. The highest BCUT2D eigenvalue weighted by Gasteiger charge is 2.74. The number of carbonyl (C=O) groups excluding carboxylic acids is 4. The molecule has 3 N–H and O–H groups in total. The van der Waals surface area contributed by atoms with Crippen molar-refractivity contribution in [3.63, 3.8) is 0 Å². The number of carboxylic acid groups (broad SMARTS) is 1. The number of nitrogens with zero attached hydrogens (tertiary/aromatic N) is 1. The van der Waals surface area contributed by atoms with Gasteiger partial charge in [0.15, 0.2) is 23.4 Å². The van der Waals surface area contributed by atoms with E-state index in [1.807, 2.05) is 0 Å². The van der Waals surface area contributed by atoms with Crippen LogP contribution in [-0.2, 0) is 24.0 Å². The van der Waals surface area contributed by atoms with Gasteiger partial charge in [-0.05, 0) is 63.2 Å². The summed E-state index contributed by atoms with van der Waals surface area (Å²) < 4.78 is -0.463. The zero-order valence-corrected chi connectivity index (χ0v) is 36.4. The number of aliphatic carboxylic acids is 1. The molecule has 0 aromatic heterocycles. The highest BCUT2D eigenvalue weighted by molar-refractivity contribution is 6.20. The molecular weight excluding hydrogens is 707 g/mol. The maximum absolute atomic E-state index is 14.7. The van der Waals surface area contributed by atoms with Gasteiger partial charge in [-0.25, -0.2) is 0 Å². The fraction of sp³-hybridized carbons (Fsp3) is 0.723. The molecule has 0 rings (SSSR count). The summed E-state index contributed by atoms with van der Waals surface area (Å²) in [4.78, 5) is 70.8. The second kappa shape index (κ2) is 30.0. The van der Waals surface area contributed by atoms with Crippen LogP contribution in [-0.4, -0.2) is 81.7 Å². The average Bonchev–Trinajstić information content (AvgIpc) is 3.13. The van der Waals surface area contributed by atoms with Crippen molar-refractivity contribution in [1.29, 1.82) is 0 Å². The zero-order valence-electron chi connectivity index (χ0n) is 36.4. The van der Waals surface area contributed by atoms with E-state index in [2.05, 4.69) is 27.7 Å². The lowest BCUT2D eigenvalue weighted by molar-refractivity contribution is -0.892. The molecule has 0 spiro atoms. The molecule has 0 aromatic rings. The minimum atomic E-state index is -3.42. The third-order valence-electron chi connectivity index (χ3n) is 10.5. The summed E-state index contributed by atoms with van der Waals surface area (Å²) >= 11 is 0. The maximum Gasteiger partial charge on any atom is 0.329 e. The Morgan fingerprint density at radius 1 is 0.536 bits per heavy atom. The molecule has 9 heteroatoms. The Morgan fingerprint density at radius 2 is 0.911 bits per heavy atom. The molecule has 0 heterocycles. The van der Waals surface area contributed by atoms with Gasteiger partial charge in [0.1, 0.15) is 5.76 Å². The lowest BCUT2D eigenvalue weighted by Gasteiger charge is -2.48. The molecule has 3 unspecified atom stereocenters. The molecule has 0 aromatic carbocycles. The van der Waals surface area contributed by atoms with Crippen molar-refractivity contribution in [3.05, 3.63) is 48.3 Å². The van der Waals surface area contributed by atoms with Crippen molar-refractivity contribution in [2.75, 3.05) is 21.1 Å². The molecule has 320 valence electrons. The van der Waals surface area contributed by atoms with E-state index < -0.39 is 56.4 Å². The standard InChI is InChI=1S/C47H79NO8/c1-8-12-16-20-23-27-31-35-40(50)44(48(5,6)7)47(56,42(52)37-33-29-25-22-18-14-10-3)46(45(54)55,41(51)36-32-28-24-21-17-13-9-2)43(53)38-39(49)34-30-26-19-15-11-4/h31-33,35-38,44,56H,8-30,34H2,1-7H3,(H-,49,53,54,55)/p+1/b35-31+,36-32+,37-33+. The van der Waals surface area contributed by atoms with E-state index in [4.69, 9.17) is 0 Å². The third kappa shape index (κ3) is 18.0. The van der Waals surface area contributed by atoms with Gasteiger partial charge in [0, 0.05) is 12.5 Å². The van der Waals surface area contributed by atoms with E-state index in [9.17, 15) is 39.3 Å². The molecule has 0 aliphatic carbocycles. The Balaban J connectivity index is 7.63. The number of allylic oxidation sites excluding steroid dienone is 5. The predicted octanol–water partition coefficient (Wildman–Crippen LogP) is 10.7. The number of hydrogen-bond acceptors (Lipinski definition) is 7. The van der Waals surface area contributed by atoms with Gasteiger partial charge in [0.05, 0.1) is 21.1 Å². The van der Waals surface area contributed by atoms with Crippen molar-refractivity contribution in [2.24, 2.45) is 5.41 Å². The van der Waals surface area contributed by atoms with Crippen LogP contribution in [0.15, 0.2) is 48.3 Å². The number of carbonyl (C=O) groups is 5. The van der Waals surface area contributed by atoms with Crippen LogP contribution in [0.25, 0.3) is 0 Å². The fourth-order valence-electron chi connectivity index (χ4n) is 7.32. The van der Waals surface area contributed by atoms with Crippen LogP contribution >= 0.6 is 0 Å². The second-order valence-corrected chi connectivity index (χ2v) is 16.4. The molecule has 0 fully saturated rings. The first-order valence-corrected chi connectivity index (χ1v) is 22.0. The maximum atomic E-state index is 14.7. The van der Waals surface area contributed by atoms with Crippen LogP contribution in [0.3, 0.4) is 0 Å². The van der Waals surface area contributed by atoms with Crippen molar-refractivity contribution in [1.82, 2.24) is 0 Å². The molecule has 0 amide bonds. The van der Waals surface area contributed by atoms with Crippen molar-refractivity contribution < 1.29 is 43.8 Å². The monoisotopic (exact) mass is 787 g/mol. The molecule has 0 radical (unpaired) electrons. The van der Waals surface area contributed by atoms with Crippen LogP contribution in [0.1, 0.15) is 182 Å². The molecule has 0 aliphatic heterocycles. The largest absolute Gasteiger partial charge is 0.510 e. The summed E-state index contributed by atoms with van der Waals surface area (Å²) in [6.07, 6.45) is 28.6. The minimum Gasteiger partial charge on any atom is -0.510 e. The Bertz CT molecular complexity index is 1290. The van der Waals surface area contributed by atoms with Crippen LogP contribution < -0.4 is 0 Å². The van der Waals surface area contributed by atoms with Crippen LogP contribution in [0.2, 0.25) is 0 Å². The minimum absolute atomic E-state index is 0.0335. The number of rotatable bonds is 36. The number of ketones is 4. The number of hydrogen-bond donors (Lipinski definition) is 3.